The average molecular weight is 180 g/mol. The second-order valence-corrected chi connectivity index (χ2v) is 3.14. The fraction of sp³-hybridized carbons (Fsp3) is 0.875. The van der Waals surface area contributed by atoms with Crippen LogP contribution in [0.1, 0.15) is 27.7 Å². The van der Waals surface area contributed by atoms with Gasteiger partial charge in [-0.25, -0.2) is 0 Å². The number of rotatable bonds is 4. The third kappa shape index (κ3) is 3.26. The lowest BCUT2D eigenvalue weighted by Crippen LogP contribution is -2.35. The van der Waals surface area contributed by atoms with E-state index in [2.05, 4.69) is 4.74 Å². The van der Waals surface area contributed by atoms with Gasteiger partial charge in [0, 0.05) is 6.92 Å². The van der Waals surface area contributed by atoms with E-state index < -0.39 is 18.0 Å². The van der Waals surface area contributed by atoms with Crippen LogP contribution in [0.15, 0.2) is 0 Å². The third-order valence-electron chi connectivity index (χ3n) is 1.68. The van der Waals surface area contributed by atoms with Crippen molar-refractivity contribution in [3.8, 4) is 0 Å². The SMILES string of the molecule is CC(=O)C(F)(F)O[C@H](C)C(C)C. The molecule has 0 aliphatic heterocycles. The second kappa shape index (κ2) is 3.94. The Morgan fingerprint density at radius 3 is 2.00 bits per heavy atom. The van der Waals surface area contributed by atoms with Gasteiger partial charge in [-0.3, -0.25) is 4.79 Å². The van der Waals surface area contributed by atoms with Crippen LogP contribution < -0.4 is 0 Å². The van der Waals surface area contributed by atoms with E-state index in [-0.39, 0.29) is 5.92 Å². The van der Waals surface area contributed by atoms with Crippen molar-refractivity contribution >= 4 is 5.78 Å². The lowest BCUT2D eigenvalue weighted by molar-refractivity contribution is -0.249. The number of Topliss-reactive ketones (excluding diaryl/α,β-unsaturated/α-hetero) is 1. The minimum absolute atomic E-state index is 0.0322. The number of hydrogen-bond donors (Lipinski definition) is 0. The maximum Gasteiger partial charge on any atom is 0.416 e. The molecular weight excluding hydrogens is 166 g/mol. The van der Waals surface area contributed by atoms with Crippen LogP contribution in [0, 0.1) is 5.92 Å². The van der Waals surface area contributed by atoms with Crippen molar-refractivity contribution in [2.45, 2.75) is 39.9 Å². The Morgan fingerprint density at radius 1 is 1.33 bits per heavy atom. The van der Waals surface area contributed by atoms with Crippen molar-refractivity contribution in [1.82, 2.24) is 0 Å². The summed E-state index contributed by atoms with van der Waals surface area (Å²) in [4.78, 5) is 10.3. The quantitative estimate of drug-likeness (QED) is 0.663. The lowest BCUT2D eigenvalue weighted by Gasteiger charge is -2.21. The molecule has 0 aromatic rings. The summed E-state index contributed by atoms with van der Waals surface area (Å²) in [5.41, 5.74) is 0. The first-order valence-corrected chi connectivity index (χ1v) is 3.84. The van der Waals surface area contributed by atoms with Gasteiger partial charge in [0.2, 0.25) is 5.78 Å². The summed E-state index contributed by atoms with van der Waals surface area (Å²) in [7, 11) is 0. The first-order chi connectivity index (χ1) is 5.27. The smallest absolute Gasteiger partial charge is 0.311 e. The molecule has 0 aliphatic carbocycles. The molecule has 0 aromatic heterocycles. The van der Waals surface area contributed by atoms with Gasteiger partial charge in [-0.15, -0.1) is 0 Å². The minimum Gasteiger partial charge on any atom is -0.311 e. The van der Waals surface area contributed by atoms with Crippen molar-refractivity contribution in [2.75, 3.05) is 0 Å². The highest BCUT2D eigenvalue weighted by Gasteiger charge is 2.38. The Kier molecular flexibility index (Phi) is 3.77. The van der Waals surface area contributed by atoms with Crippen LogP contribution in [0.2, 0.25) is 0 Å². The molecule has 1 atom stereocenters. The Morgan fingerprint density at radius 2 is 1.75 bits per heavy atom. The van der Waals surface area contributed by atoms with Gasteiger partial charge in [-0.2, -0.15) is 8.78 Å². The molecule has 0 radical (unpaired) electrons. The molecular formula is C8H14F2O2. The van der Waals surface area contributed by atoms with E-state index in [9.17, 15) is 13.6 Å². The Labute approximate surface area is 70.9 Å². The zero-order valence-electron chi connectivity index (χ0n) is 7.73. The van der Waals surface area contributed by atoms with Crippen molar-refractivity contribution in [2.24, 2.45) is 5.92 Å². The lowest BCUT2D eigenvalue weighted by atomic mass is 10.1. The zero-order chi connectivity index (χ0) is 9.94. The van der Waals surface area contributed by atoms with Crippen LogP contribution in [0.25, 0.3) is 0 Å². The number of halogens is 2. The Balaban J connectivity index is 4.15. The number of carbonyl (C=O) groups excluding carboxylic acids is 1. The highest BCUT2D eigenvalue weighted by molar-refractivity contribution is 5.81. The summed E-state index contributed by atoms with van der Waals surface area (Å²) < 4.78 is 29.4. The van der Waals surface area contributed by atoms with Gasteiger partial charge < -0.3 is 4.74 Å². The van der Waals surface area contributed by atoms with Crippen LogP contribution in [0.3, 0.4) is 0 Å². The van der Waals surface area contributed by atoms with E-state index in [1.54, 1.807) is 13.8 Å². The van der Waals surface area contributed by atoms with Crippen molar-refractivity contribution in [3.63, 3.8) is 0 Å². The number of carbonyl (C=O) groups is 1. The van der Waals surface area contributed by atoms with Gasteiger partial charge in [0.15, 0.2) is 0 Å². The molecule has 0 fully saturated rings. The minimum atomic E-state index is -3.64. The Bertz CT molecular complexity index is 166. The number of ether oxygens (including phenoxy) is 1. The summed E-state index contributed by atoms with van der Waals surface area (Å²) in [5, 5.41) is 0. The van der Waals surface area contributed by atoms with Gasteiger partial charge >= 0.3 is 6.11 Å². The first kappa shape index (κ1) is 11.5. The predicted molar refractivity (Wildman–Crippen MR) is 41.0 cm³/mol. The van der Waals surface area contributed by atoms with Crippen molar-refractivity contribution in [3.05, 3.63) is 0 Å². The van der Waals surface area contributed by atoms with Crippen LogP contribution >= 0.6 is 0 Å². The van der Waals surface area contributed by atoms with Crippen LogP contribution in [-0.2, 0) is 9.53 Å². The fourth-order valence-corrected chi connectivity index (χ4v) is 0.453. The molecule has 72 valence electrons. The number of ketones is 1. The highest BCUT2D eigenvalue weighted by Crippen LogP contribution is 2.21. The standard InChI is InChI=1S/C8H14F2O2/c1-5(2)6(3)12-8(9,10)7(4)11/h5-6H,1-4H3/t6-/m1/s1. The largest absolute Gasteiger partial charge is 0.416 e. The molecule has 2 nitrogen and oxygen atoms in total. The van der Waals surface area contributed by atoms with Crippen LogP contribution in [-0.4, -0.2) is 18.0 Å². The topological polar surface area (TPSA) is 26.3 Å². The maximum atomic E-state index is 12.6. The summed E-state index contributed by atoms with van der Waals surface area (Å²) >= 11 is 0. The van der Waals surface area contributed by atoms with Gasteiger partial charge in [0.05, 0.1) is 6.10 Å². The highest BCUT2D eigenvalue weighted by atomic mass is 19.3. The molecule has 0 bridgehead atoms. The number of hydrogen-bond acceptors (Lipinski definition) is 2. The molecule has 0 unspecified atom stereocenters. The molecule has 0 amide bonds. The van der Waals surface area contributed by atoms with Gasteiger partial charge in [-0.05, 0) is 12.8 Å². The van der Waals surface area contributed by atoms with E-state index in [0.29, 0.717) is 0 Å². The third-order valence-corrected chi connectivity index (χ3v) is 1.68. The van der Waals surface area contributed by atoms with Gasteiger partial charge in [-0.1, -0.05) is 13.8 Å². The molecule has 0 saturated carbocycles. The summed E-state index contributed by atoms with van der Waals surface area (Å²) in [6.45, 7) is 5.83. The zero-order valence-corrected chi connectivity index (χ0v) is 7.73. The molecule has 0 heterocycles. The number of alkyl halides is 2. The van der Waals surface area contributed by atoms with Crippen LogP contribution in [0.5, 0.6) is 0 Å². The van der Waals surface area contributed by atoms with Gasteiger partial charge in [0.1, 0.15) is 0 Å². The molecule has 0 saturated heterocycles. The molecule has 4 heteroatoms. The normalized spacial score (nSPS) is 14.9. The van der Waals surface area contributed by atoms with E-state index in [1.165, 1.54) is 6.92 Å². The van der Waals surface area contributed by atoms with E-state index >= 15 is 0 Å². The second-order valence-electron chi connectivity index (χ2n) is 3.14. The van der Waals surface area contributed by atoms with Crippen molar-refractivity contribution < 1.29 is 18.3 Å². The Hall–Kier alpha value is -0.510. The van der Waals surface area contributed by atoms with Gasteiger partial charge in [0.25, 0.3) is 0 Å². The molecule has 0 aliphatic rings. The predicted octanol–water partition coefficient (Wildman–Crippen LogP) is 2.23. The monoisotopic (exact) mass is 180 g/mol. The van der Waals surface area contributed by atoms with E-state index in [0.717, 1.165) is 6.92 Å². The fourth-order valence-electron chi connectivity index (χ4n) is 0.453. The molecule has 0 spiro atoms. The maximum absolute atomic E-state index is 12.6. The first-order valence-electron chi connectivity index (χ1n) is 3.84. The molecule has 0 N–H and O–H groups in total. The summed E-state index contributed by atoms with van der Waals surface area (Å²) in [5.74, 6) is -1.29. The van der Waals surface area contributed by atoms with E-state index in [4.69, 9.17) is 0 Å². The summed E-state index contributed by atoms with van der Waals surface area (Å²) in [6, 6.07) is 0. The average Bonchev–Trinajstić information content (AvgIpc) is 1.85. The molecule has 0 aromatic carbocycles. The van der Waals surface area contributed by atoms with E-state index in [1.807, 2.05) is 0 Å². The van der Waals surface area contributed by atoms with Crippen LogP contribution in [0.4, 0.5) is 8.78 Å². The summed E-state index contributed by atoms with van der Waals surface area (Å²) in [6.07, 6.45) is -4.26. The molecule has 12 heavy (non-hydrogen) atoms. The molecule has 0 rings (SSSR count). The van der Waals surface area contributed by atoms with Crippen molar-refractivity contribution in [1.29, 1.82) is 0 Å².